The van der Waals surface area contributed by atoms with Gasteiger partial charge in [-0.1, -0.05) is 20.8 Å². The molecule has 4 aliphatic rings. The molecule has 0 aromatic heterocycles. The summed E-state index contributed by atoms with van der Waals surface area (Å²) in [5, 5.41) is 10.9. The van der Waals surface area contributed by atoms with E-state index in [1.165, 1.54) is 0 Å². The lowest BCUT2D eigenvalue weighted by atomic mass is 9.47. The van der Waals surface area contributed by atoms with Crippen LogP contribution in [0.15, 0.2) is 0 Å². The third-order valence-corrected chi connectivity index (χ3v) is 7.17. The second-order valence-electron chi connectivity index (χ2n) is 8.26. The van der Waals surface area contributed by atoms with Gasteiger partial charge in [-0.3, -0.25) is 0 Å². The second-order valence-corrected chi connectivity index (χ2v) is 8.26. The molecule has 0 amide bonds. The van der Waals surface area contributed by atoms with Gasteiger partial charge >= 0.3 is 0 Å². The molecule has 2 spiro atoms. The minimum Gasteiger partial charge on any atom is -0.365 e. The number of fused-ring (bicyclic) bond motifs is 1. The highest BCUT2D eigenvalue weighted by molar-refractivity contribution is 5.16. The van der Waals surface area contributed by atoms with Gasteiger partial charge in [-0.2, -0.15) is 0 Å². The van der Waals surface area contributed by atoms with Crippen molar-refractivity contribution in [2.45, 2.75) is 77.0 Å². The maximum Gasteiger partial charge on any atom is 0.170 e. The van der Waals surface area contributed by atoms with Crippen LogP contribution in [0.2, 0.25) is 0 Å². The Hall–Kier alpha value is -0.160. The molecule has 1 N–H and O–H groups in total. The monoisotopic (exact) mass is 296 g/mol. The fourth-order valence-electron chi connectivity index (χ4n) is 5.76. The van der Waals surface area contributed by atoms with Crippen molar-refractivity contribution < 1.29 is 19.3 Å². The van der Waals surface area contributed by atoms with Gasteiger partial charge < -0.3 is 19.3 Å². The summed E-state index contributed by atoms with van der Waals surface area (Å²) >= 11 is 0. The number of hydrogen-bond acceptors (Lipinski definition) is 4. The van der Waals surface area contributed by atoms with Crippen LogP contribution < -0.4 is 0 Å². The van der Waals surface area contributed by atoms with E-state index >= 15 is 0 Å². The summed E-state index contributed by atoms with van der Waals surface area (Å²) in [7, 11) is 0. The normalized spacial score (nSPS) is 50.9. The molecule has 4 fully saturated rings. The molecule has 4 atom stereocenters. The van der Waals surface area contributed by atoms with Crippen molar-refractivity contribution in [3.63, 3.8) is 0 Å². The highest BCUT2D eigenvalue weighted by atomic mass is 16.7. The Morgan fingerprint density at radius 1 is 1.00 bits per heavy atom. The summed E-state index contributed by atoms with van der Waals surface area (Å²) in [5.74, 6) is -1.22. The van der Waals surface area contributed by atoms with Gasteiger partial charge in [-0.15, -0.1) is 0 Å². The van der Waals surface area contributed by atoms with Gasteiger partial charge in [0.15, 0.2) is 11.6 Å². The first-order valence-electron chi connectivity index (χ1n) is 8.52. The molecule has 2 saturated carbocycles. The zero-order valence-electron chi connectivity index (χ0n) is 13.5. The summed E-state index contributed by atoms with van der Waals surface area (Å²) < 4.78 is 18.3. The highest BCUT2D eigenvalue weighted by Gasteiger charge is 2.72. The minimum atomic E-state index is -0.944. The van der Waals surface area contributed by atoms with Gasteiger partial charge in [0.25, 0.3) is 0 Å². The van der Waals surface area contributed by atoms with E-state index in [0.717, 1.165) is 51.7 Å². The zero-order chi connectivity index (χ0) is 14.9. The fraction of sp³-hybridized carbons (Fsp3) is 1.00. The van der Waals surface area contributed by atoms with Gasteiger partial charge in [-0.05, 0) is 24.7 Å². The molecule has 2 heterocycles. The first-order chi connectivity index (χ1) is 9.84. The van der Waals surface area contributed by atoms with E-state index in [1.807, 2.05) is 0 Å². The highest BCUT2D eigenvalue weighted by Crippen LogP contribution is 2.69. The fourth-order valence-corrected chi connectivity index (χ4v) is 5.76. The van der Waals surface area contributed by atoms with E-state index in [2.05, 4.69) is 20.8 Å². The van der Waals surface area contributed by atoms with E-state index in [4.69, 9.17) is 14.2 Å². The zero-order valence-corrected chi connectivity index (χ0v) is 13.5. The molecule has 21 heavy (non-hydrogen) atoms. The molecule has 2 aliphatic heterocycles. The molecular formula is C17H28O4. The Morgan fingerprint density at radius 2 is 1.71 bits per heavy atom. The lowest BCUT2D eigenvalue weighted by molar-refractivity contribution is -0.308. The predicted octanol–water partition coefficient (Wildman–Crippen LogP) is 2.83. The Morgan fingerprint density at radius 3 is 2.43 bits per heavy atom. The standard InChI is InChI=1S/C17H28O4/c1-12-16-7-6-15(19-9-4-10-20-15)11-13(16)21-17(12,18)8-5-14(16,2)3/h12-13,18H,4-11H2,1-3H3/t12-,13-,16+,17-/m0/s1. The third kappa shape index (κ3) is 1.71. The van der Waals surface area contributed by atoms with Crippen LogP contribution in [-0.2, 0) is 14.2 Å². The Labute approximate surface area is 127 Å². The molecule has 120 valence electrons. The van der Waals surface area contributed by atoms with Gasteiger partial charge in [0.2, 0.25) is 0 Å². The molecule has 4 rings (SSSR count). The predicted molar refractivity (Wildman–Crippen MR) is 77.5 cm³/mol. The SMILES string of the molecule is C[C@H]1[C@]23CCC4(C[C@@H]2O[C@@]1(O)CCC3(C)C)OCCCO4. The first kappa shape index (κ1) is 14.4. The lowest BCUT2D eigenvalue weighted by Crippen LogP contribution is -2.59. The van der Waals surface area contributed by atoms with Gasteiger partial charge in [0.05, 0.1) is 19.3 Å². The van der Waals surface area contributed by atoms with Crippen molar-refractivity contribution >= 4 is 0 Å². The van der Waals surface area contributed by atoms with Crippen LogP contribution in [-0.4, -0.2) is 36.0 Å². The topological polar surface area (TPSA) is 47.9 Å². The van der Waals surface area contributed by atoms with E-state index < -0.39 is 11.6 Å². The van der Waals surface area contributed by atoms with E-state index in [1.54, 1.807) is 0 Å². The third-order valence-electron chi connectivity index (χ3n) is 7.17. The van der Waals surface area contributed by atoms with Gasteiger partial charge in [0, 0.05) is 30.6 Å². The molecule has 4 nitrogen and oxygen atoms in total. The van der Waals surface area contributed by atoms with Crippen molar-refractivity contribution in [3.05, 3.63) is 0 Å². The van der Waals surface area contributed by atoms with Gasteiger partial charge in [0.1, 0.15) is 0 Å². The van der Waals surface area contributed by atoms with Crippen LogP contribution in [0.4, 0.5) is 0 Å². The summed E-state index contributed by atoms with van der Waals surface area (Å²) in [6, 6.07) is 0. The average Bonchev–Trinajstić information content (AvgIpc) is 2.61. The van der Waals surface area contributed by atoms with Crippen LogP contribution in [0.25, 0.3) is 0 Å². The van der Waals surface area contributed by atoms with E-state index in [-0.39, 0.29) is 22.9 Å². The van der Waals surface area contributed by atoms with Crippen LogP contribution in [0.3, 0.4) is 0 Å². The Bertz CT molecular complexity index is 442. The second kappa shape index (κ2) is 4.22. The van der Waals surface area contributed by atoms with Crippen molar-refractivity contribution in [3.8, 4) is 0 Å². The summed E-state index contributed by atoms with van der Waals surface area (Å²) in [6.07, 6.45) is 5.51. The number of aliphatic hydroxyl groups is 1. The molecule has 2 aliphatic carbocycles. The lowest BCUT2D eigenvalue weighted by Gasteiger charge is -2.58. The minimum absolute atomic E-state index is 0.0434. The van der Waals surface area contributed by atoms with Crippen molar-refractivity contribution in [1.82, 2.24) is 0 Å². The molecule has 0 aromatic rings. The molecule has 0 radical (unpaired) electrons. The average molecular weight is 296 g/mol. The summed E-state index contributed by atoms with van der Waals surface area (Å²) in [6.45, 7) is 8.45. The molecule has 0 unspecified atom stereocenters. The molecule has 2 bridgehead atoms. The van der Waals surface area contributed by atoms with Crippen molar-refractivity contribution in [2.24, 2.45) is 16.7 Å². The van der Waals surface area contributed by atoms with E-state index in [0.29, 0.717) is 0 Å². The molecule has 0 aromatic carbocycles. The Kier molecular flexibility index (Phi) is 2.90. The Balaban J connectivity index is 1.70. The van der Waals surface area contributed by atoms with Crippen LogP contribution in [0, 0.1) is 16.7 Å². The number of rotatable bonds is 0. The quantitative estimate of drug-likeness (QED) is 0.747. The van der Waals surface area contributed by atoms with Crippen molar-refractivity contribution in [1.29, 1.82) is 0 Å². The smallest absolute Gasteiger partial charge is 0.170 e. The largest absolute Gasteiger partial charge is 0.365 e. The maximum atomic E-state index is 10.9. The van der Waals surface area contributed by atoms with Gasteiger partial charge in [-0.25, -0.2) is 0 Å². The summed E-state index contributed by atoms with van der Waals surface area (Å²) in [4.78, 5) is 0. The first-order valence-corrected chi connectivity index (χ1v) is 8.52. The van der Waals surface area contributed by atoms with E-state index in [9.17, 15) is 5.11 Å². The van der Waals surface area contributed by atoms with Crippen LogP contribution in [0.5, 0.6) is 0 Å². The number of hydrogen-bond donors (Lipinski definition) is 1. The molecule has 4 heteroatoms. The summed E-state index contributed by atoms with van der Waals surface area (Å²) in [5.41, 5.74) is 0.242. The molecule has 2 saturated heterocycles. The maximum absolute atomic E-state index is 10.9. The van der Waals surface area contributed by atoms with Crippen LogP contribution in [0.1, 0.15) is 59.3 Å². The number of ether oxygens (including phenoxy) is 3. The van der Waals surface area contributed by atoms with Crippen LogP contribution >= 0.6 is 0 Å². The van der Waals surface area contributed by atoms with Crippen molar-refractivity contribution in [2.75, 3.05) is 13.2 Å². The molecular weight excluding hydrogens is 268 g/mol.